The molecule has 1 amide bonds. The molecule has 3 aromatic rings. The van der Waals surface area contributed by atoms with Gasteiger partial charge in [-0.3, -0.25) is 14.4 Å². The van der Waals surface area contributed by atoms with Gasteiger partial charge in [0.2, 0.25) is 5.91 Å². The highest BCUT2D eigenvalue weighted by atomic mass is 35.5. The second-order valence-electron chi connectivity index (χ2n) is 9.38. The van der Waals surface area contributed by atoms with Crippen molar-refractivity contribution in [2.75, 3.05) is 13.2 Å². The summed E-state index contributed by atoms with van der Waals surface area (Å²) in [4.78, 5) is 36.7. The first-order chi connectivity index (χ1) is 18.5. The van der Waals surface area contributed by atoms with E-state index in [1.807, 2.05) is 37.3 Å². The SMILES string of the molecule is CC(=O)NC(CCc1ccc(-c2ccc(Sc3ccc(C)cc3)cc2F)cc1Cl)(COC(C)=O)COC(C)=O. The molecule has 0 aliphatic carbocycles. The normalized spacial score (nSPS) is 11.1. The van der Waals surface area contributed by atoms with E-state index in [1.165, 1.54) is 38.6 Å². The minimum Gasteiger partial charge on any atom is -0.463 e. The number of benzene rings is 3. The summed E-state index contributed by atoms with van der Waals surface area (Å²) < 4.78 is 25.4. The Hall–Kier alpha value is -3.36. The molecule has 3 aromatic carbocycles. The van der Waals surface area contributed by atoms with E-state index in [0.29, 0.717) is 22.6 Å². The molecule has 206 valence electrons. The van der Waals surface area contributed by atoms with Gasteiger partial charge in [-0.25, -0.2) is 4.39 Å². The molecule has 0 saturated carbocycles. The predicted octanol–water partition coefficient (Wildman–Crippen LogP) is 6.54. The van der Waals surface area contributed by atoms with E-state index in [0.717, 1.165) is 20.9 Å². The molecule has 0 bridgehead atoms. The minimum absolute atomic E-state index is 0.178. The Labute approximate surface area is 237 Å². The van der Waals surface area contributed by atoms with Crippen molar-refractivity contribution >= 4 is 41.2 Å². The van der Waals surface area contributed by atoms with Crippen LogP contribution in [0.2, 0.25) is 5.02 Å². The summed E-state index contributed by atoms with van der Waals surface area (Å²) in [5.41, 5.74) is 1.82. The van der Waals surface area contributed by atoms with Gasteiger partial charge < -0.3 is 14.8 Å². The number of ether oxygens (including phenoxy) is 2. The maximum atomic E-state index is 15.1. The Morgan fingerprint density at radius 2 is 1.51 bits per heavy atom. The number of halogens is 2. The molecular weight excluding hydrogens is 541 g/mol. The molecule has 9 heteroatoms. The third kappa shape index (κ3) is 9.11. The number of hydrogen-bond donors (Lipinski definition) is 1. The van der Waals surface area contributed by atoms with E-state index in [9.17, 15) is 14.4 Å². The number of amides is 1. The molecule has 0 radical (unpaired) electrons. The van der Waals surface area contributed by atoms with E-state index in [-0.39, 0.29) is 31.4 Å². The van der Waals surface area contributed by atoms with Crippen LogP contribution in [0.25, 0.3) is 11.1 Å². The molecule has 3 rings (SSSR count). The van der Waals surface area contributed by atoms with Crippen LogP contribution in [0.1, 0.15) is 38.3 Å². The second-order valence-corrected chi connectivity index (χ2v) is 10.9. The summed E-state index contributed by atoms with van der Waals surface area (Å²) in [5.74, 6) is -1.78. The average Bonchev–Trinajstić information content (AvgIpc) is 2.86. The van der Waals surface area contributed by atoms with Gasteiger partial charge >= 0.3 is 11.9 Å². The Bertz CT molecular complexity index is 1330. The summed E-state index contributed by atoms with van der Waals surface area (Å²) in [5, 5.41) is 3.19. The number of nitrogens with one attached hydrogen (secondary N) is 1. The van der Waals surface area contributed by atoms with Crippen molar-refractivity contribution in [1.29, 1.82) is 0 Å². The fraction of sp³-hybridized carbons (Fsp3) is 0.300. The molecule has 0 aliphatic rings. The average molecular weight is 572 g/mol. The van der Waals surface area contributed by atoms with Crippen LogP contribution in [-0.2, 0) is 30.3 Å². The first-order valence-electron chi connectivity index (χ1n) is 12.3. The molecule has 0 unspecified atom stereocenters. The number of aryl methyl sites for hydroxylation is 2. The van der Waals surface area contributed by atoms with Gasteiger partial charge in [0, 0.05) is 41.1 Å². The monoisotopic (exact) mass is 571 g/mol. The third-order valence-electron chi connectivity index (χ3n) is 5.98. The van der Waals surface area contributed by atoms with Crippen molar-refractivity contribution in [3.8, 4) is 11.1 Å². The summed E-state index contributed by atoms with van der Waals surface area (Å²) >= 11 is 8.07. The first kappa shape index (κ1) is 30.2. The molecule has 0 aromatic heterocycles. The molecule has 0 heterocycles. The molecule has 0 atom stereocenters. The predicted molar refractivity (Wildman–Crippen MR) is 150 cm³/mol. The first-order valence-corrected chi connectivity index (χ1v) is 13.5. The fourth-order valence-electron chi connectivity index (χ4n) is 4.00. The molecular formula is C30H31ClFNO5S. The maximum Gasteiger partial charge on any atom is 0.302 e. The zero-order valence-corrected chi connectivity index (χ0v) is 23.9. The summed E-state index contributed by atoms with van der Waals surface area (Å²) in [6.07, 6.45) is 0.641. The Kier molecular flexibility index (Phi) is 10.5. The largest absolute Gasteiger partial charge is 0.463 e. The van der Waals surface area contributed by atoms with E-state index < -0.39 is 17.5 Å². The topological polar surface area (TPSA) is 81.7 Å². The van der Waals surface area contributed by atoms with Gasteiger partial charge in [0.05, 0.1) is 0 Å². The van der Waals surface area contributed by atoms with Crippen molar-refractivity contribution in [3.05, 3.63) is 82.6 Å². The standard InChI is InChI=1S/C30H31ClFNO5S/c1-19-5-9-25(10-6-19)39-26-11-12-27(29(32)16-26)24-8-7-23(28(31)15-24)13-14-30(33-20(2)34,17-37-21(3)35)18-38-22(4)36/h5-12,15-16H,13-14,17-18H2,1-4H3,(H,33,34). The van der Waals surface area contributed by atoms with Crippen molar-refractivity contribution in [1.82, 2.24) is 5.32 Å². The van der Waals surface area contributed by atoms with Crippen LogP contribution in [0.5, 0.6) is 0 Å². The van der Waals surface area contributed by atoms with Crippen LogP contribution in [0.3, 0.4) is 0 Å². The smallest absolute Gasteiger partial charge is 0.302 e. The van der Waals surface area contributed by atoms with Crippen LogP contribution in [0.15, 0.2) is 70.5 Å². The van der Waals surface area contributed by atoms with Crippen LogP contribution in [-0.4, -0.2) is 36.6 Å². The maximum absolute atomic E-state index is 15.1. The Morgan fingerprint density at radius 1 is 0.897 bits per heavy atom. The van der Waals surface area contributed by atoms with E-state index in [4.69, 9.17) is 21.1 Å². The highest BCUT2D eigenvalue weighted by Gasteiger charge is 2.34. The number of esters is 2. The fourth-order valence-corrected chi connectivity index (χ4v) is 5.12. The van der Waals surface area contributed by atoms with Crippen LogP contribution in [0.4, 0.5) is 4.39 Å². The van der Waals surface area contributed by atoms with Gasteiger partial charge in [-0.15, -0.1) is 0 Å². The number of carbonyl (C=O) groups is 3. The van der Waals surface area contributed by atoms with Gasteiger partial charge in [0.15, 0.2) is 0 Å². The molecule has 0 aliphatic heterocycles. The van der Waals surface area contributed by atoms with Crippen molar-refractivity contribution < 1.29 is 28.2 Å². The number of carbonyl (C=O) groups excluding carboxylic acids is 3. The molecule has 6 nitrogen and oxygen atoms in total. The third-order valence-corrected chi connectivity index (χ3v) is 7.33. The second kappa shape index (κ2) is 13.6. The van der Waals surface area contributed by atoms with Gasteiger partial charge in [0.1, 0.15) is 24.6 Å². The van der Waals surface area contributed by atoms with Gasteiger partial charge in [-0.1, -0.05) is 59.3 Å². The highest BCUT2D eigenvalue weighted by molar-refractivity contribution is 7.99. The molecule has 39 heavy (non-hydrogen) atoms. The van der Waals surface area contributed by atoms with Crippen molar-refractivity contribution in [2.24, 2.45) is 0 Å². The van der Waals surface area contributed by atoms with Gasteiger partial charge in [-0.2, -0.15) is 0 Å². The highest BCUT2D eigenvalue weighted by Crippen LogP contribution is 2.34. The summed E-state index contributed by atoms with van der Waals surface area (Å²) in [6.45, 7) is 5.51. The number of rotatable bonds is 11. The van der Waals surface area contributed by atoms with Crippen LogP contribution in [0, 0.1) is 12.7 Å². The van der Waals surface area contributed by atoms with Crippen LogP contribution >= 0.6 is 23.4 Å². The van der Waals surface area contributed by atoms with Crippen molar-refractivity contribution in [2.45, 2.75) is 55.9 Å². The molecule has 0 spiro atoms. The van der Waals surface area contributed by atoms with Crippen molar-refractivity contribution in [3.63, 3.8) is 0 Å². The molecule has 0 fully saturated rings. The lowest BCUT2D eigenvalue weighted by Gasteiger charge is -2.33. The molecule has 0 saturated heterocycles. The van der Waals surface area contributed by atoms with Crippen LogP contribution < -0.4 is 5.32 Å². The lowest BCUT2D eigenvalue weighted by Crippen LogP contribution is -2.55. The zero-order chi connectivity index (χ0) is 28.6. The molecule has 1 N–H and O–H groups in total. The van der Waals surface area contributed by atoms with E-state index in [2.05, 4.69) is 5.32 Å². The number of hydrogen-bond acceptors (Lipinski definition) is 6. The zero-order valence-electron chi connectivity index (χ0n) is 22.3. The van der Waals surface area contributed by atoms with Gasteiger partial charge in [0.25, 0.3) is 0 Å². The minimum atomic E-state index is -1.14. The lowest BCUT2D eigenvalue weighted by atomic mass is 9.91. The van der Waals surface area contributed by atoms with E-state index in [1.54, 1.807) is 24.3 Å². The Morgan fingerprint density at radius 3 is 2.05 bits per heavy atom. The summed E-state index contributed by atoms with van der Waals surface area (Å²) in [7, 11) is 0. The lowest BCUT2D eigenvalue weighted by molar-refractivity contribution is -0.150. The quantitative estimate of drug-likeness (QED) is 0.263. The summed E-state index contributed by atoms with van der Waals surface area (Å²) in [6, 6.07) is 18.4. The van der Waals surface area contributed by atoms with Gasteiger partial charge in [-0.05, 0) is 61.2 Å². The van der Waals surface area contributed by atoms with E-state index >= 15 is 4.39 Å². The Balaban J connectivity index is 1.78.